The molecule has 0 spiro atoms. The van der Waals surface area contributed by atoms with E-state index in [4.69, 9.17) is 16.6 Å². The third-order valence-electron chi connectivity index (χ3n) is 6.02. The van der Waals surface area contributed by atoms with E-state index in [-0.39, 0.29) is 12.1 Å². The zero-order chi connectivity index (χ0) is 23.1. The number of carbonyl (C=O) groups excluding carboxylic acids is 1. The summed E-state index contributed by atoms with van der Waals surface area (Å²) in [5.74, 6) is 1.53. The molecule has 0 fully saturated rings. The molecule has 1 aliphatic heterocycles. The average Bonchev–Trinajstić information content (AvgIpc) is 3.42. The van der Waals surface area contributed by atoms with Gasteiger partial charge in [0.25, 0.3) is 0 Å². The second kappa shape index (κ2) is 8.51. The first-order valence-corrected chi connectivity index (χ1v) is 11.4. The molecule has 1 aliphatic rings. The maximum Gasteiger partial charge on any atom is 0.317 e. The summed E-state index contributed by atoms with van der Waals surface area (Å²) in [6, 6.07) is 10.4. The summed E-state index contributed by atoms with van der Waals surface area (Å²) in [5, 5.41) is 16.2. The van der Waals surface area contributed by atoms with Gasteiger partial charge in [-0.05, 0) is 49.1 Å². The molecular formula is C24H26ClN7O. The Morgan fingerprint density at radius 3 is 2.91 bits per heavy atom. The van der Waals surface area contributed by atoms with Crippen molar-refractivity contribution < 1.29 is 4.79 Å². The highest BCUT2D eigenvalue weighted by Crippen LogP contribution is 2.29. The quantitative estimate of drug-likeness (QED) is 0.477. The average molecular weight is 464 g/mol. The van der Waals surface area contributed by atoms with Crippen molar-refractivity contribution >= 4 is 28.5 Å². The van der Waals surface area contributed by atoms with Crippen LogP contribution in [0, 0.1) is 0 Å². The predicted molar refractivity (Wildman–Crippen MR) is 128 cm³/mol. The summed E-state index contributed by atoms with van der Waals surface area (Å²) >= 11 is 6.60. The Kier molecular flexibility index (Phi) is 5.54. The van der Waals surface area contributed by atoms with E-state index < -0.39 is 0 Å². The summed E-state index contributed by atoms with van der Waals surface area (Å²) in [6.45, 7) is 5.26. The topological polar surface area (TPSA) is 91.7 Å². The number of rotatable bonds is 4. The number of nitrogens with zero attached hydrogens (tertiary/aromatic N) is 5. The van der Waals surface area contributed by atoms with Crippen molar-refractivity contribution in [1.82, 2.24) is 35.2 Å². The molecule has 0 unspecified atom stereocenters. The number of aromatic nitrogens is 5. The molecule has 5 rings (SSSR count). The summed E-state index contributed by atoms with van der Waals surface area (Å²) in [4.78, 5) is 19.0. The third kappa shape index (κ3) is 4.18. The van der Waals surface area contributed by atoms with Crippen LogP contribution in [0.4, 0.5) is 4.79 Å². The van der Waals surface area contributed by atoms with Gasteiger partial charge in [0.2, 0.25) is 0 Å². The molecular weight excluding hydrogens is 438 g/mol. The maximum atomic E-state index is 12.4. The number of hydrogen-bond donors (Lipinski definition) is 2. The van der Waals surface area contributed by atoms with Gasteiger partial charge >= 0.3 is 6.03 Å². The highest BCUT2D eigenvalue weighted by Gasteiger charge is 2.22. The van der Waals surface area contributed by atoms with Crippen LogP contribution in [0.5, 0.6) is 0 Å². The molecule has 2 aromatic carbocycles. The maximum absolute atomic E-state index is 12.4. The molecule has 2 N–H and O–H groups in total. The van der Waals surface area contributed by atoms with Crippen LogP contribution in [-0.2, 0) is 26.4 Å². The molecule has 8 nitrogen and oxygen atoms in total. The van der Waals surface area contributed by atoms with Crippen molar-refractivity contribution in [3.05, 3.63) is 64.1 Å². The lowest BCUT2D eigenvalue weighted by Crippen LogP contribution is -2.45. The van der Waals surface area contributed by atoms with E-state index in [1.165, 1.54) is 11.1 Å². The number of carbonyl (C=O) groups is 1. The summed E-state index contributed by atoms with van der Waals surface area (Å²) in [5.41, 5.74) is 5.28. The van der Waals surface area contributed by atoms with Crippen molar-refractivity contribution in [2.45, 2.75) is 39.3 Å². The number of aromatic amines is 1. The fourth-order valence-electron chi connectivity index (χ4n) is 4.23. The smallest absolute Gasteiger partial charge is 0.317 e. The molecule has 0 radical (unpaired) electrons. The standard InChI is InChI=1S/C24H26ClN7O/c1-14(2)27-24(33)32-9-8-15-10-17(4-5-18(15)13-32)23-28-21(31(3)30-23)11-16-6-7-20-19(22(16)25)12-26-29-20/h4-7,10,12,14H,8-9,11,13H2,1-3H3,(H,26,29)(H,27,33). The molecule has 0 aliphatic carbocycles. The number of hydrogen-bond acceptors (Lipinski definition) is 4. The third-order valence-corrected chi connectivity index (χ3v) is 6.46. The fourth-order valence-corrected chi connectivity index (χ4v) is 4.51. The monoisotopic (exact) mass is 463 g/mol. The van der Waals surface area contributed by atoms with Crippen molar-refractivity contribution in [1.29, 1.82) is 0 Å². The molecule has 4 aromatic rings. The van der Waals surface area contributed by atoms with Gasteiger partial charge in [-0.3, -0.25) is 9.78 Å². The SMILES string of the molecule is CC(C)NC(=O)N1CCc2cc(-c3nc(Cc4ccc5[nH]ncc5c4Cl)n(C)n3)ccc2C1. The molecule has 2 amide bonds. The van der Waals surface area contributed by atoms with E-state index >= 15 is 0 Å². The van der Waals surface area contributed by atoms with E-state index in [9.17, 15) is 4.79 Å². The molecule has 0 saturated heterocycles. The van der Waals surface area contributed by atoms with Gasteiger partial charge in [-0.1, -0.05) is 29.8 Å². The van der Waals surface area contributed by atoms with Gasteiger partial charge in [-0.2, -0.15) is 10.2 Å². The molecule has 0 bridgehead atoms. The second-order valence-electron chi connectivity index (χ2n) is 8.78. The minimum absolute atomic E-state index is 0.0111. The van der Waals surface area contributed by atoms with Crippen molar-refractivity contribution in [2.24, 2.45) is 7.05 Å². The highest BCUT2D eigenvalue weighted by atomic mass is 35.5. The molecule has 170 valence electrons. The van der Waals surface area contributed by atoms with Gasteiger partial charge in [-0.25, -0.2) is 9.78 Å². The van der Waals surface area contributed by atoms with Crippen LogP contribution >= 0.6 is 11.6 Å². The Labute approximate surface area is 197 Å². The largest absolute Gasteiger partial charge is 0.336 e. The van der Waals surface area contributed by atoms with Crippen molar-refractivity contribution in [3.63, 3.8) is 0 Å². The molecule has 33 heavy (non-hydrogen) atoms. The first kappa shape index (κ1) is 21.5. The van der Waals surface area contributed by atoms with Gasteiger partial charge < -0.3 is 10.2 Å². The van der Waals surface area contributed by atoms with Crippen LogP contribution in [0.1, 0.15) is 36.4 Å². The van der Waals surface area contributed by atoms with Gasteiger partial charge in [0.05, 0.1) is 16.7 Å². The minimum atomic E-state index is -0.0111. The van der Waals surface area contributed by atoms with Crippen LogP contribution in [0.15, 0.2) is 36.5 Å². The van der Waals surface area contributed by atoms with Crippen LogP contribution in [0.25, 0.3) is 22.3 Å². The Morgan fingerprint density at radius 1 is 1.24 bits per heavy atom. The van der Waals surface area contributed by atoms with Crippen LogP contribution in [0.2, 0.25) is 5.02 Å². The van der Waals surface area contributed by atoms with E-state index in [0.29, 0.717) is 30.4 Å². The van der Waals surface area contributed by atoms with E-state index in [0.717, 1.165) is 34.3 Å². The number of amides is 2. The Balaban J connectivity index is 1.36. The van der Waals surface area contributed by atoms with Crippen molar-refractivity contribution in [2.75, 3.05) is 6.54 Å². The summed E-state index contributed by atoms with van der Waals surface area (Å²) < 4.78 is 1.81. The zero-order valence-corrected chi connectivity index (χ0v) is 19.6. The Hall–Kier alpha value is -3.39. The van der Waals surface area contributed by atoms with Crippen molar-refractivity contribution in [3.8, 4) is 11.4 Å². The lowest BCUT2D eigenvalue weighted by atomic mass is 9.97. The van der Waals surface area contributed by atoms with Gasteiger partial charge in [0.1, 0.15) is 5.82 Å². The molecule has 0 saturated carbocycles. The number of nitrogens with one attached hydrogen (secondary N) is 2. The number of H-pyrrole nitrogens is 1. The highest BCUT2D eigenvalue weighted by molar-refractivity contribution is 6.36. The predicted octanol–water partition coefficient (Wildman–Crippen LogP) is 4.08. The first-order valence-electron chi connectivity index (χ1n) is 11.1. The minimum Gasteiger partial charge on any atom is -0.336 e. The van der Waals surface area contributed by atoms with Gasteiger partial charge in [0.15, 0.2) is 5.82 Å². The second-order valence-corrected chi connectivity index (χ2v) is 9.16. The Morgan fingerprint density at radius 2 is 2.09 bits per heavy atom. The molecule has 9 heteroatoms. The number of benzene rings is 2. The summed E-state index contributed by atoms with van der Waals surface area (Å²) in [7, 11) is 1.90. The molecule has 3 heterocycles. The number of aryl methyl sites for hydroxylation is 1. The van der Waals surface area contributed by atoms with Crippen LogP contribution < -0.4 is 5.32 Å². The number of urea groups is 1. The Bertz CT molecular complexity index is 1340. The number of fused-ring (bicyclic) bond motifs is 2. The lowest BCUT2D eigenvalue weighted by Gasteiger charge is -2.30. The first-order chi connectivity index (χ1) is 15.9. The molecule has 2 aromatic heterocycles. The van der Waals surface area contributed by atoms with E-state index in [1.807, 2.05) is 48.7 Å². The van der Waals surface area contributed by atoms with Gasteiger partial charge in [0, 0.05) is 43.5 Å². The summed E-state index contributed by atoms with van der Waals surface area (Å²) in [6.07, 6.45) is 3.13. The molecule has 0 atom stereocenters. The van der Waals surface area contributed by atoms with Crippen LogP contribution in [-0.4, -0.2) is 48.5 Å². The van der Waals surface area contributed by atoms with E-state index in [2.05, 4.69) is 32.7 Å². The zero-order valence-electron chi connectivity index (χ0n) is 18.9. The normalized spacial score (nSPS) is 13.5. The van der Waals surface area contributed by atoms with Crippen LogP contribution in [0.3, 0.4) is 0 Å². The van der Waals surface area contributed by atoms with Gasteiger partial charge in [-0.15, -0.1) is 0 Å². The van der Waals surface area contributed by atoms with E-state index in [1.54, 1.807) is 6.20 Å². The lowest BCUT2D eigenvalue weighted by molar-refractivity contribution is 0.190. The number of halogens is 1. The fraction of sp³-hybridized carbons (Fsp3) is 0.333.